The fraction of sp³-hybridized carbons (Fsp3) is 0.444. The number of hydrogen-bond acceptors (Lipinski definition) is 3. The van der Waals surface area contributed by atoms with Crippen LogP contribution >= 0.6 is 0 Å². The molecule has 5 heteroatoms. The molecule has 0 radical (unpaired) electrons. The third-order valence-corrected chi connectivity index (χ3v) is 4.57. The van der Waals surface area contributed by atoms with E-state index in [-0.39, 0.29) is 12.1 Å². The summed E-state index contributed by atoms with van der Waals surface area (Å²) in [7, 11) is 0. The quantitative estimate of drug-likeness (QED) is 0.907. The van der Waals surface area contributed by atoms with E-state index < -0.39 is 0 Å². The zero-order chi connectivity index (χ0) is 16.4. The second-order valence-electron chi connectivity index (χ2n) is 6.24. The molecule has 1 aliphatic rings. The summed E-state index contributed by atoms with van der Waals surface area (Å²) in [6.45, 7) is 6.29. The van der Waals surface area contributed by atoms with E-state index in [1.165, 1.54) is 11.1 Å². The van der Waals surface area contributed by atoms with Crippen LogP contribution in [0, 0.1) is 13.8 Å². The van der Waals surface area contributed by atoms with Gasteiger partial charge in [-0.25, -0.2) is 9.78 Å². The largest absolute Gasteiger partial charge is 0.444 e. The zero-order valence-electron chi connectivity index (χ0n) is 13.8. The molecule has 0 spiro atoms. The van der Waals surface area contributed by atoms with Crippen LogP contribution in [0.2, 0.25) is 0 Å². The van der Waals surface area contributed by atoms with E-state index >= 15 is 0 Å². The number of oxazole rings is 1. The number of carbonyl (C=O) groups excluding carboxylic acids is 1. The molecule has 3 rings (SSSR count). The van der Waals surface area contributed by atoms with E-state index in [2.05, 4.69) is 40.7 Å². The molecule has 1 aromatic carbocycles. The molecule has 122 valence electrons. The summed E-state index contributed by atoms with van der Waals surface area (Å²) in [4.78, 5) is 16.4. The molecular weight excluding hydrogens is 290 g/mol. The maximum atomic E-state index is 12.2. The Labute approximate surface area is 136 Å². The summed E-state index contributed by atoms with van der Waals surface area (Å²) < 4.78 is 5.47. The lowest BCUT2D eigenvalue weighted by molar-refractivity contribution is 0.233. The summed E-state index contributed by atoms with van der Waals surface area (Å²) in [6.07, 6.45) is 2.04. The first-order chi connectivity index (χ1) is 11.0. The van der Waals surface area contributed by atoms with Crippen molar-refractivity contribution < 1.29 is 9.21 Å². The fourth-order valence-corrected chi connectivity index (χ4v) is 3.13. The molecule has 2 aromatic rings. The van der Waals surface area contributed by atoms with Gasteiger partial charge in [-0.1, -0.05) is 31.2 Å². The number of amides is 2. The Morgan fingerprint density at radius 2 is 2.00 bits per heavy atom. The van der Waals surface area contributed by atoms with Crippen molar-refractivity contribution in [2.75, 3.05) is 0 Å². The molecular formula is C18H23N3O2. The van der Waals surface area contributed by atoms with Gasteiger partial charge in [0.15, 0.2) is 0 Å². The number of carbonyl (C=O) groups is 1. The van der Waals surface area contributed by atoms with Gasteiger partial charge in [-0.2, -0.15) is 0 Å². The number of benzene rings is 1. The monoisotopic (exact) mass is 313 g/mol. The highest BCUT2D eigenvalue weighted by atomic mass is 16.4. The lowest BCUT2D eigenvalue weighted by Crippen LogP contribution is -2.39. The maximum absolute atomic E-state index is 12.2. The van der Waals surface area contributed by atoms with Gasteiger partial charge >= 0.3 is 6.03 Å². The minimum atomic E-state index is -0.187. The summed E-state index contributed by atoms with van der Waals surface area (Å²) in [5.41, 5.74) is 3.42. The van der Waals surface area contributed by atoms with E-state index in [9.17, 15) is 4.79 Å². The molecule has 5 nitrogen and oxygen atoms in total. The van der Waals surface area contributed by atoms with Gasteiger partial charge in [-0.15, -0.1) is 0 Å². The first-order valence-corrected chi connectivity index (χ1v) is 8.10. The summed E-state index contributed by atoms with van der Waals surface area (Å²) in [5, 5.41) is 5.89. The predicted octanol–water partition coefficient (Wildman–Crippen LogP) is 3.73. The van der Waals surface area contributed by atoms with Crippen LogP contribution in [0.4, 0.5) is 4.79 Å². The Morgan fingerprint density at radius 1 is 1.26 bits per heavy atom. The third-order valence-electron chi connectivity index (χ3n) is 4.57. The number of hydrogen-bond donors (Lipinski definition) is 2. The van der Waals surface area contributed by atoms with E-state index in [0.29, 0.717) is 18.4 Å². The van der Waals surface area contributed by atoms with Crippen LogP contribution < -0.4 is 10.6 Å². The smallest absolute Gasteiger partial charge is 0.315 e. The van der Waals surface area contributed by atoms with E-state index in [0.717, 1.165) is 24.3 Å². The van der Waals surface area contributed by atoms with Crippen molar-refractivity contribution in [1.29, 1.82) is 0 Å². The molecule has 1 aliphatic carbocycles. The number of aryl methyl sites for hydroxylation is 2. The van der Waals surface area contributed by atoms with Crippen LogP contribution in [0.3, 0.4) is 0 Å². The van der Waals surface area contributed by atoms with E-state index in [1.54, 1.807) is 0 Å². The second-order valence-corrected chi connectivity index (χ2v) is 6.24. The number of aromatic nitrogens is 1. The van der Waals surface area contributed by atoms with Crippen LogP contribution in [-0.2, 0) is 6.54 Å². The Hall–Kier alpha value is -2.30. The number of rotatable bonds is 3. The minimum Gasteiger partial charge on any atom is -0.444 e. The molecule has 0 aliphatic heterocycles. The number of fused-ring (bicyclic) bond motifs is 1. The lowest BCUT2D eigenvalue weighted by Gasteiger charge is -2.30. The Balaban J connectivity index is 1.61. The highest BCUT2D eigenvalue weighted by molar-refractivity contribution is 5.74. The molecule has 2 amide bonds. The zero-order valence-corrected chi connectivity index (χ0v) is 13.8. The van der Waals surface area contributed by atoms with Crippen LogP contribution in [0.15, 0.2) is 28.7 Å². The van der Waals surface area contributed by atoms with Gasteiger partial charge in [0.1, 0.15) is 5.76 Å². The molecule has 0 fully saturated rings. The lowest BCUT2D eigenvalue weighted by atomic mass is 9.81. The van der Waals surface area contributed by atoms with Gasteiger partial charge in [-0.3, -0.25) is 0 Å². The average molecular weight is 313 g/mol. The van der Waals surface area contributed by atoms with Crippen molar-refractivity contribution in [1.82, 2.24) is 15.6 Å². The highest BCUT2D eigenvalue weighted by Crippen LogP contribution is 2.36. The van der Waals surface area contributed by atoms with Gasteiger partial charge in [0.2, 0.25) is 5.89 Å². The predicted molar refractivity (Wildman–Crippen MR) is 88.2 cm³/mol. The molecule has 2 N–H and O–H groups in total. The Morgan fingerprint density at radius 3 is 2.70 bits per heavy atom. The number of nitrogens with one attached hydrogen (secondary N) is 2. The molecule has 23 heavy (non-hydrogen) atoms. The first-order valence-electron chi connectivity index (χ1n) is 8.10. The van der Waals surface area contributed by atoms with Crippen LogP contribution in [0.25, 0.3) is 0 Å². The van der Waals surface area contributed by atoms with Crippen molar-refractivity contribution in [3.63, 3.8) is 0 Å². The van der Waals surface area contributed by atoms with Crippen LogP contribution in [-0.4, -0.2) is 11.0 Å². The third kappa shape index (κ3) is 3.38. The molecule has 0 bridgehead atoms. The molecule has 0 saturated heterocycles. The highest BCUT2D eigenvalue weighted by Gasteiger charge is 2.25. The molecule has 0 unspecified atom stereocenters. The second kappa shape index (κ2) is 6.44. The van der Waals surface area contributed by atoms with Gasteiger partial charge in [0, 0.05) is 0 Å². The van der Waals surface area contributed by atoms with E-state index in [4.69, 9.17) is 4.42 Å². The van der Waals surface area contributed by atoms with Gasteiger partial charge in [0.05, 0.1) is 18.3 Å². The minimum absolute atomic E-state index is 0.0652. The average Bonchev–Trinajstić information content (AvgIpc) is 2.87. The molecule has 1 aromatic heterocycles. The van der Waals surface area contributed by atoms with Gasteiger partial charge in [0.25, 0.3) is 0 Å². The molecule has 1 heterocycles. The summed E-state index contributed by atoms with van der Waals surface area (Å²) in [6, 6.07) is 8.23. The Kier molecular flexibility index (Phi) is 4.37. The summed E-state index contributed by atoms with van der Waals surface area (Å²) >= 11 is 0. The van der Waals surface area contributed by atoms with Crippen molar-refractivity contribution in [3.8, 4) is 0 Å². The number of urea groups is 1. The van der Waals surface area contributed by atoms with Crippen molar-refractivity contribution in [3.05, 3.63) is 52.7 Å². The molecule has 0 saturated carbocycles. The van der Waals surface area contributed by atoms with Gasteiger partial charge in [-0.05, 0) is 43.7 Å². The van der Waals surface area contributed by atoms with E-state index in [1.807, 2.05) is 19.9 Å². The fourth-order valence-electron chi connectivity index (χ4n) is 3.13. The van der Waals surface area contributed by atoms with Crippen molar-refractivity contribution in [2.45, 2.75) is 52.1 Å². The Bertz CT molecular complexity index is 689. The standard InChI is InChI=1S/C18H23N3O2/c1-11-8-9-16(15-7-5-4-6-14(11)15)21-18(22)19-10-17-20-12(2)13(3)23-17/h4-7,11,16H,8-10H2,1-3H3,(H2,19,21,22)/t11-,16-/m1/s1. The SMILES string of the molecule is Cc1nc(CNC(=O)N[C@@H]2CC[C@@H](C)c3ccccc32)oc1C. The van der Waals surface area contributed by atoms with Crippen LogP contribution in [0.1, 0.15) is 60.2 Å². The molecule has 2 atom stereocenters. The van der Waals surface area contributed by atoms with Crippen LogP contribution in [0.5, 0.6) is 0 Å². The van der Waals surface area contributed by atoms with Gasteiger partial charge < -0.3 is 15.1 Å². The van der Waals surface area contributed by atoms with Crippen molar-refractivity contribution >= 4 is 6.03 Å². The summed E-state index contributed by atoms with van der Waals surface area (Å²) in [5.74, 6) is 1.87. The number of nitrogens with zero attached hydrogens (tertiary/aromatic N) is 1. The first kappa shape index (κ1) is 15.6. The maximum Gasteiger partial charge on any atom is 0.315 e. The van der Waals surface area contributed by atoms with Crippen molar-refractivity contribution in [2.24, 2.45) is 0 Å². The normalized spacial score (nSPS) is 20.0. The topological polar surface area (TPSA) is 67.2 Å².